The average molecular weight is 496 g/mol. The smallest absolute Gasteiger partial charge is 0.348 e. The lowest BCUT2D eigenvalue weighted by molar-refractivity contribution is 0.0532. The predicted octanol–water partition coefficient (Wildman–Crippen LogP) is 3.44. The molecule has 10 nitrogen and oxygen atoms in total. The van der Waals surface area contributed by atoms with Crippen LogP contribution in [0.25, 0.3) is 21.8 Å². The number of fused-ring (bicyclic) bond motifs is 3. The van der Waals surface area contributed by atoms with Gasteiger partial charge in [-0.25, -0.2) is 19.6 Å². The molecule has 3 N–H and O–H groups in total. The fourth-order valence-corrected chi connectivity index (χ4v) is 5.73. The van der Waals surface area contributed by atoms with Crippen LogP contribution in [0, 0.1) is 0 Å². The highest BCUT2D eigenvalue weighted by Gasteiger charge is 2.40. The number of primary amides is 1. The fourth-order valence-electron chi connectivity index (χ4n) is 4.83. The number of methoxy groups -OCH3 is 1. The monoisotopic (exact) mass is 495 g/mol. The van der Waals surface area contributed by atoms with E-state index in [0.29, 0.717) is 56.7 Å². The van der Waals surface area contributed by atoms with Gasteiger partial charge in [0.15, 0.2) is 5.78 Å². The van der Waals surface area contributed by atoms with Crippen molar-refractivity contribution in [2.45, 2.75) is 25.8 Å². The number of carbonyl (C=O) groups is 3. The van der Waals surface area contributed by atoms with Gasteiger partial charge in [-0.2, -0.15) is 5.10 Å². The molecule has 2 aliphatic rings. The van der Waals surface area contributed by atoms with Crippen LogP contribution in [0.1, 0.15) is 45.4 Å². The summed E-state index contributed by atoms with van der Waals surface area (Å²) < 4.78 is 10.4. The first kappa shape index (κ1) is 23.2. The van der Waals surface area contributed by atoms with Crippen LogP contribution in [0.3, 0.4) is 0 Å². The molecule has 3 heterocycles. The van der Waals surface area contributed by atoms with Gasteiger partial charge >= 0.3 is 12.0 Å². The van der Waals surface area contributed by atoms with E-state index in [1.807, 2.05) is 5.01 Å². The molecular formula is C24H25N5O5S. The summed E-state index contributed by atoms with van der Waals surface area (Å²) in [5.41, 5.74) is 8.70. The number of aromatic amines is 1. The van der Waals surface area contributed by atoms with Gasteiger partial charge in [-0.1, -0.05) is 12.1 Å². The molecule has 182 valence electrons. The van der Waals surface area contributed by atoms with E-state index in [4.69, 9.17) is 15.2 Å². The van der Waals surface area contributed by atoms with E-state index in [-0.39, 0.29) is 18.4 Å². The normalized spacial score (nSPS) is 16.9. The van der Waals surface area contributed by atoms with Crippen LogP contribution in [0.2, 0.25) is 0 Å². The third kappa shape index (κ3) is 3.81. The first-order valence-electron chi connectivity index (χ1n) is 11.3. The van der Waals surface area contributed by atoms with Gasteiger partial charge in [-0.05, 0) is 38.0 Å². The zero-order chi connectivity index (χ0) is 24.7. The molecule has 1 saturated heterocycles. The minimum atomic E-state index is -0.669. The molecule has 0 radical (unpaired) electrons. The van der Waals surface area contributed by atoms with Crippen LogP contribution < -0.4 is 10.7 Å². The van der Waals surface area contributed by atoms with Gasteiger partial charge in [0.05, 0.1) is 46.6 Å². The lowest BCUT2D eigenvalue weighted by atomic mass is 10.1. The summed E-state index contributed by atoms with van der Waals surface area (Å²) >= 11 is 1.22. The maximum atomic E-state index is 13.8. The Morgan fingerprint density at radius 1 is 1.29 bits per heavy atom. The molecule has 0 saturated carbocycles. The Hall–Kier alpha value is -3.54. The van der Waals surface area contributed by atoms with Gasteiger partial charge in [-0.15, -0.1) is 11.3 Å². The zero-order valence-electron chi connectivity index (χ0n) is 19.4. The Labute approximate surface area is 205 Å². The van der Waals surface area contributed by atoms with E-state index < -0.39 is 12.0 Å². The second-order valence-corrected chi connectivity index (χ2v) is 9.38. The topological polar surface area (TPSA) is 131 Å². The molecule has 3 aromatic rings. The number of urea groups is 1. The molecule has 1 aliphatic heterocycles. The Bertz CT molecular complexity index is 1320. The van der Waals surface area contributed by atoms with Crippen molar-refractivity contribution in [2.75, 3.05) is 31.9 Å². The highest BCUT2D eigenvalue weighted by Crippen LogP contribution is 2.45. The van der Waals surface area contributed by atoms with Crippen molar-refractivity contribution in [2.24, 2.45) is 5.73 Å². The number of nitrogens with zero attached hydrogens (tertiary/aromatic N) is 3. The van der Waals surface area contributed by atoms with Crippen molar-refractivity contribution < 1.29 is 23.9 Å². The molecule has 1 atom stereocenters. The van der Waals surface area contributed by atoms with Gasteiger partial charge < -0.3 is 15.2 Å². The minimum absolute atomic E-state index is 0.0273. The molecule has 35 heavy (non-hydrogen) atoms. The molecule has 5 rings (SSSR count). The summed E-state index contributed by atoms with van der Waals surface area (Å²) in [5.74, 6) is -0.667. The number of H-pyrrole nitrogens is 1. The first-order chi connectivity index (χ1) is 17.0. The molecule has 1 fully saturated rings. The fraction of sp³-hybridized carbons (Fsp3) is 0.333. The third-order valence-corrected chi connectivity index (χ3v) is 7.33. The second-order valence-electron chi connectivity index (χ2n) is 8.30. The SMILES string of the molecule is CCOC(=O)c1ccc(-c2[nH]nc3c2C(=O)c2c-3cccc2N(C(N)=O)N2CCCC2COC)s1. The highest BCUT2D eigenvalue weighted by atomic mass is 32.1. The van der Waals surface area contributed by atoms with E-state index in [1.165, 1.54) is 16.3 Å². The quantitative estimate of drug-likeness (QED) is 0.376. The van der Waals surface area contributed by atoms with Crippen LogP contribution >= 0.6 is 11.3 Å². The van der Waals surface area contributed by atoms with Crippen LogP contribution in [-0.2, 0) is 9.47 Å². The van der Waals surface area contributed by atoms with Gasteiger partial charge in [0.2, 0.25) is 0 Å². The van der Waals surface area contributed by atoms with Crippen molar-refractivity contribution in [3.63, 3.8) is 0 Å². The van der Waals surface area contributed by atoms with Crippen molar-refractivity contribution in [3.8, 4) is 21.8 Å². The van der Waals surface area contributed by atoms with Gasteiger partial charge in [0.1, 0.15) is 10.6 Å². The number of ether oxygens (including phenoxy) is 2. The lowest BCUT2D eigenvalue weighted by Crippen LogP contribution is -2.53. The number of hydrogen-bond donors (Lipinski definition) is 2. The molecule has 0 spiro atoms. The number of benzene rings is 1. The third-order valence-electron chi connectivity index (χ3n) is 6.25. The summed E-state index contributed by atoms with van der Waals surface area (Å²) in [6.07, 6.45) is 1.74. The highest BCUT2D eigenvalue weighted by molar-refractivity contribution is 7.17. The number of aromatic nitrogens is 2. The van der Waals surface area contributed by atoms with E-state index in [9.17, 15) is 14.4 Å². The number of thiophene rings is 1. The Kier molecular flexibility index (Phi) is 6.13. The minimum Gasteiger partial charge on any atom is -0.462 e. The maximum Gasteiger partial charge on any atom is 0.348 e. The van der Waals surface area contributed by atoms with Gasteiger partial charge in [0, 0.05) is 19.2 Å². The molecule has 1 unspecified atom stereocenters. The van der Waals surface area contributed by atoms with Crippen LogP contribution in [0.15, 0.2) is 30.3 Å². The Morgan fingerprint density at radius 3 is 2.86 bits per heavy atom. The van der Waals surface area contributed by atoms with Crippen LogP contribution in [0.4, 0.5) is 10.5 Å². The van der Waals surface area contributed by atoms with Gasteiger partial charge in [-0.3, -0.25) is 9.89 Å². The van der Waals surface area contributed by atoms with Crippen LogP contribution in [0.5, 0.6) is 0 Å². The second kappa shape index (κ2) is 9.25. The number of nitrogens with one attached hydrogen (secondary N) is 1. The largest absolute Gasteiger partial charge is 0.462 e. The number of nitrogens with two attached hydrogens (primary N) is 1. The summed E-state index contributed by atoms with van der Waals surface area (Å²) in [6.45, 7) is 3.09. The molecule has 1 aromatic carbocycles. The maximum absolute atomic E-state index is 13.8. The number of amides is 2. The van der Waals surface area contributed by atoms with E-state index >= 15 is 0 Å². The number of ketones is 1. The molecular weight excluding hydrogens is 470 g/mol. The van der Waals surface area contributed by atoms with Crippen molar-refractivity contribution >= 4 is 34.8 Å². The lowest BCUT2D eigenvalue weighted by Gasteiger charge is -2.35. The standard InChI is InChI=1S/C24H25N5O5S/c1-3-34-23(31)17-10-9-16(35-17)21-19-20(26-27-21)14-7-4-8-15(18(14)22(19)30)29(24(25)32)28-11-5-6-13(28)12-33-2/h4,7-10,13H,3,5-6,11-12H2,1-2H3,(H2,25,32)(H,26,27). The van der Waals surface area contributed by atoms with Crippen molar-refractivity contribution in [1.29, 1.82) is 0 Å². The number of hydrazine groups is 1. The zero-order valence-corrected chi connectivity index (χ0v) is 20.2. The summed E-state index contributed by atoms with van der Waals surface area (Å²) in [5, 5.41) is 10.6. The number of carbonyl (C=O) groups excluding carboxylic acids is 3. The van der Waals surface area contributed by atoms with E-state index in [0.717, 1.165) is 12.8 Å². The molecule has 11 heteroatoms. The predicted molar refractivity (Wildman–Crippen MR) is 130 cm³/mol. The van der Waals surface area contributed by atoms with E-state index in [1.54, 1.807) is 44.4 Å². The van der Waals surface area contributed by atoms with Crippen molar-refractivity contribution in [1.82, 2.24) is 15.2 Å². The van der Waals surface area contributed by atoms with Gasteiger partial charge in [0.25, 0.3) is 0 Å². The summed E-state index contributed by atoms with van der Waals surface area (Å²) in [7, 11) is 1.62. The molecule has 0 bridgehead atoms. The van der Waals surface area contributed by atoms with E-state index in [2.05, 4.69) is 10.2 Å². The molecule has 1 aliphatic carbocycles. The average Bonchev–Trinajstić information content (AvgIpc) is 3.61. The van der Waals surface area contributed by atoms with Crippen LogP contribution in [-0.4, -0.2) is 65.9 Å². The first-order valence-corrected chi connectivity index (χ1v) is 12.2. The Balaban J connectivity index is 1.55. The summed E-state index contributed by atoms with van der Waals surface area (Å²) in [6, 6.07) is 8.05. The number of rotatable bonds is 7. The Morgan fingerprint density at radius 2 is 2.11 bits per heavy atom. The number of anilines is 1. The number of hydrogen-bond acceptors (Lipinski definition) is 8. The molecule has 2 aromatic heterocycles. The summed E-state index contributed by atoms with van der Waals surface area (Å²) in [4.78, 5) is 39.7. The number of esters is 1. The molecule has 2 amide bonds. The van der Waals surface area contributed by atoms with Crippen molar-refractivity contribution in [3.05, 3.63) is 46.3 Å².